The molecule has 0 aliphatic heterocycles. The Hall–Kier alpha value is -0.830. The van der Waals surface area contributed by atoms with Crippen LogP contribution in [0.3, 0.4) is 0 Å². The van der Waals surface area contributed by atoms with Crippen LogP contribution in [0.4, 0.5) is 0 Å². The highest BCUT2D eigenvalue weighted by Gasteiger charge is 2.21. The van der Waals surface area contributed by atoms with Crippen molar-refractivity contribution >= 4 is 0 Å². The molecule has 1 rings (SSSR count). The van der Waals surface area contributed by atoms with Gasteiger partial charge in [-0.1, -0.05) is 27.7 Å². The van der Waals surface area contributed by atoms with Crippen LogP contribution in [0, 0.1) is 5.41 Å². The molecule has 0 aromatic carbocycles. The molecule has 0 amide bonds. The highest BCUT2D eigenvalue weighted by molar-refractivity contribution is 5.06. The van der Waals surface area contributed by atoms with Crippen molar-refractivity contribution in [2.45, 2.75) is 46.6 Å². The first-order valence-electron chi connectivity index (χ1n) is 6.15. The zero-order valence-electron chi connectivity index (χ0n) is 11.2. The van der Waals surface area contributed by atoms with Crippen molar-refractivity contribution in [1.82, 2.24) is 15.1 Å². The van der Waals surface area contributed by atoms with E-state index in [1.807, 2.05) is 17.9 Å². The fraction of sp³-hybridized carbons (Fsp3) is 0.769. The maximum atomic E-state index is 4.50. The normalized spacial score (nSPS) is 14.1. The highest BCUT2D eigenvalue weighted by Crippen LogP contribution is 2.28. The smallest absolute Gasteiger partial charge is 0.0794 e. The third kappa shape index (κ3) is 4.35. The molecule has 1 aromatic rings. The molecule has 3 heteroatoms. The third-order valence-electron chi connectivity index (χ3n) is 2.55. The van der Waals surface area contributed by atoms with Crippen LogP contribution in [0.15, 0.2) is 12.3 Å². The topological polar surface area (TPSA) is 29.9 Å². The second-order valence-electron chi connectivity index (χ2n) is 5.69. The summed E-state index contributed by atoms with van der Waals surface area (Å²) in [7, 11) is 1.97. The first kappa shape index (κ1) is 13.2. The van der Waals surface area contributed by atoms with Crippen molar-refractivity contribution in [3.63, 3.8) is 0 Å². The first-order chi connectivity index (χ1) is 7.42. The van der Waals surface area contributed by atoms with Gasteiger partial charge in [-0.15, -0.1) is 0 Å². The Balaban J connectivity index is 2.71. The van der Waals surface area contributed by atoms with E-state index in [0.29, 0.717) is 11.5 Å². The molecule has 1 unspecified atom stereocenters. The van der Waals surface area contributed by atoms with Gasteiger partial charge in [0.1, 0.15) is 0 Å². The van der Waals surface area contributed by atoms with Gasteiger partial charge in [0.2, 0.25) is 0 Å². The van der Waals surface area contributed by atoms with E-state index in [0.717, 1.165) is 25.1 Å². The fourth-order valence-electron chi connectivity index (χ4n) is 1.83. The maximum absolute atomic E-state index is 4.50. The van der Waals surface area contributed by atoms with Gasteiger partial charge in [-0.2, -0.15) is 5.10 Å². The van der Waals surface area contributed by atoms with Gasteiger partial charge in [-0.3, -0.25) is 4.68 Å². The summed E-state index contributed by atoms with van der Waals surface area (Å²) in [5, 5.41) is 8.08. The predicted octanol–water partition coefficient (Wildman–Crippen LogP) is 2.90. The van der Waals surface area contributed by atoms with E-state index in [1.165, 1.54) is 0 Å². The van der Waals surface area contributed by atoms with E-state index in [2.05, 4.69) is 44.2 Å². The second kappa shape index (κ2) is 5.48. The van der Waals surface area contributed by atoms with Crippen LogP contribution in [-0.4, -0.2) is 16.3 Å². The predicted molar refractivity (Wildman–Crippen MR) is 68.3 cm³/mol. The van der Waals surface area contributed by atoms with E-state index in [-0.39, 0.29) is 0 Å². The molecule has 0 fully saturated rings. The van der Waals surface area contributed by atoms with Gasteiger partial charge in [0.15, 0.2) is 0 Å². The minimum absolute atomic E-state index is 0.322. The summed E-state index contributed by atoms with van der Waals surface area (Å²) < 4.78 is 1.87. The van der Waals surface area contributed by atoms with Gasteiger partial charge < -0.3 is 5.32 Å². The summed E-state index contributed by atoms with van der Waals surface area (Å²) >= 11 is 0. The van der Waals surface area contributed by atoms with Crippen LogP contribution in [0.5, 0.6) is 0 Å². The molecule has 0 aliphatic carbocycles. The average Bonchev–Trinajstić information content (AvgIpc) is 2.57. The lowest BCUT2D eigenvalue weighted by Crippen LogP contribution is -2.26. The minimum Gasteiger partial charge on any atom is -0.309 e. The lowest BCUT2D eigenvalue weighted by Gasteiger charge is -2.25. The molecule has 0 radical (unpaired) electrons. The molecule has 16 heavy (non-hydrogen) atoms. The van der Waals surface area contributed by atoms with E-state index in [1.54, 1.807) is 0 Å². The average molecular weight is 223 g/mol. The number of nitrogens with zero attached hydrogens (tertiary/aromatic N) is 2. The molecular formula is C13H25N3. The molecule has 0 saturated heterocycles. The molecule has 0 spiro atoms. The van der Waals surface area contributed by atoms with Gasteiger partial charge in [0.25, 0.3) is 0 Å². The van der Waals surface area contributed by atoms with Crippen molar-refractivity contribution < 1.29 is 0 Å². The molecule has 1 atom stereocenters. The van der Waals surface area contributed by atoms with Crippen LogP contribution in [-0.2, 0) is 7.05 Å². The number of aryl methyl sites for hydroxylation is 1. The summed E-state index contributed by atoms with van der Waals surface area (Å²) in [5.74, 6) is 0. The Kier molecular flexibility index (Phi) is 4.54. The molecule has 0 bridgehead atoms. The van der Waals surface area contributed by atoms with Crippen LogP contribution in [0.25, 0.3) is 0 Å². The molecule has 1 heterocycles. The number of nitrogens with one attached hydrogen (secondary N) is 1. The van der Waals surface area contributed by atoms with Crippen LogP contribution < -0.4 is 5.32 Å². The zero-order chi connectivity index (χ0) is 12.2. The molecule has 3 nitrogen and oxygen atoms in total. The number of hydrogen-bond acceptors (Lipinski definition) is 2. The minimum atomic E-state index is 0.322. The van der Waals surface area contributed by atoms with Crippen molar-refractivity contribution in [1.29, 1.82) is 0 Å². The van der Waals surface area contributed by atoms with E-state index in [4.69, 9.17) is 0 Å². The quantitative estimate of drug-likeness (QED) is 0.832. The molecule has 1 N–H and O–H groups in total. The standard InChI is InChI=1S/C13H25N3/c1-6-8-14-12(10-13(2,3)4)11-7-9-16(5)15-11/h7,9,12,14H,6,8,10H2,1-5H3. The van der Waals surface area contributed by atoms with Gasteiger partial charge >= 0.3 is 0 Å². The molecule has 0 saturated carbocycles. The summed E-state index contributed by atoms with van der Waals surface area (Å²) in [6.45, 7) is 10.1. The second-order valence-corrected chi connectivity index (χ2v) is 5.69. The summed E-state index contributed by atoms with van der Waals surface area (Å²) in [4.78, 5) is 0. The monoisotopic (exact) mass is 223 g/mol. The lowest BCUT2D eigenvalue weighted by molar-refractivity contribution is 0.307. The lowest BCUT2D eigenvalue weighted by atomic mass is 9.87. The van der Waals surface area contributed by atoms with Gasteiger partial charge in [0, 0.05) is 13.2 Å². The van der Waals surface area contributed by atoms with E-state index < -0.39 is 0 Å². The summed E-state index contributed by atoms with van der Waals surface area (Å²) in [6, 6.07) is 2.49. The van der Waals surface area contributed by atoms with Crippen LogP contribution >= 0.6 is 0 Å². The Morgan fingerprint density at radius 3 is 2.56 bits per heavy atom. The SMILES string of the molecule is CCCNC(CC(C)(C)C)c1ccn(C)n1. The molecule has 1 aromatic heterocycles. The summed E-state index contributed by atoms with van der Waals surface area (Å²) in [6.07, 6.45) is 4.29. The zero-order valence-corrected chi connectivity index (χ0v) is 11.2. The number of hydrogen-bond donors (Lipinski definition) is 1. The Morgan fingerprint density at radius 1 is 1.44 bits per heavy atom. The van der Waals surface area contributed by atoms with Gasteiger partial charge in [-0.25, -0.2) is 0 Å². The van der Waals surface area contributed by atoms with E-state index in [9.17, 15) is 0 Å². The van der Waals surface area contributed by atoms with Gasteiger partial charge in [-0.05, 0) is 30.9 Å². The Labute approximate surface area is 99.2 Å². The van der Waals surface area contributed by atoms with Crippen LogP contribution in [0.1, 0.15) is 52.3 Å². The molecule has 92 valence electrons. The third-order valence-corrected chi connectivity index (χ3v) is 2.55. The van der Waals surface area contributed by atoms with E-state index >= 15 is 0 Å². The Bertz CT molecular complexity index is 309. The summed E-state index contributed by atoms with van der Waals surface area (Å²) in [5.41, 5.74) is 1.48. The van der Waals surface area contributed by atoms with Crippen molar-refractivity contribution in [3.8, 4) is 0 Å². The van der Waals surface area contributed by atoms with Crippen molar-refractivity contribution in [2.24, 2.45) is 12.5 Å². The largest absolute Gasteiger partial charge is 0.309 e. The fourth-order valence-corrected chi connectivity index (χ4v) is 1.83. The van der Waals surface area contributed by atoms with Crippen molar-refractivity contribution in [3.05, 3.63) is 18.0 Å². The Morgan fingerprint density at radius 2 is 2.12 bits per heavy atom. The number of aromatic nitrogens is 2. The van der Waals surface area contributed by atoms with Gasteiger partial charge in [0.05, 0.1) is 11.7 Å². The molecular weight excluding hydrogens is 198 g/mol. The van der Waals surface area contributed by atoms with Crippen molar-refractivity contribution in [2.75, 3.05) is 6.54 Å². The van der Waals surface area contributed by atoms with Crippen LogP contribution in [0.2, 0.25) is 0 Å². The molecule has 0 aliphatic rings. The number of rotatable bonds is 5. The highest BCUT2D eigenvalue weighted by atomic mass is 15.3. The first-order valence-corrected chi connectivity index (χ1v) is 6.15. The maximum Gasteiger partial charge on any atom is 0.0794 e.